The Labute approximate surface area is 142 Å². The molecular weight excluding hydrogens is 361 g/mol. The Hall–Kier alpha value is -1.74. The lowest BCUT2D eigenvalue weighted by Gasteiger charge is -2.17. The van der Waals surface area contributed by atoms with Gasteiger partial charge in [-0.2, -0.15) is 21.7 Å². The van der Waals surface area contributed by atoms with Crippen LogP contribution >= 0.6 is 23.2 Å². The fourth-order valence-corrected chi connectivity index (χ4v) is 3.61. The largest absolute Gasteiger partial charge is 0.310 e. The highest BCUT2D eigenvalue weighted by atomic mass is 35.5. The van der Waals surface area contributed by atoms with Crippen LogP contribution < -0.4 is 0 Å². The van der Waals surface area contributed by atoms with Crippen molar-refractivity contribution >= 4 is 44.6 Å². The third kappa shape index (κ3) is 3.02. The van der Waals surface area contributed by atoms with Crippen LogP contribution in [0, 0.1) is 0 Å². The van der Waals surface area contributed by atoms with E-state index in [9.17, 15) is 8.42 Å². The third-order valence-corrected chi connectivity index (χ3v) is 5.30. The highest BCUT2D eigenvalue weighted by Gasteiger charge is 2.24. The van der Waals surface area contributed by atoms with Gasteiger partial charge in [-0.15, -0.1) is 0 Å². The summed E-state index contributed by atoms with van der Waals surface area (Å²) in [6, 6.07) is 9.23. The van der Waals surface area contributed by atoms with E-state index in [2.05, 4.69) is 15.0 Å². The topological polar surface area (TPSA) is 81.0 Å². The van der Waals surface area contributed by atoms with Gasteiger partial charge in [0.1, 0.15) is 11.8 Å². The van der Waals surface area contributed by atoms with Gasteiger partial charge in [0.2, 0.25) is 5.28 Å². The monoisotopic (exact) mass is 371 g/mol. The molecule has 10 heteroatoms. The molecule has 1 aromatic carbocycles. The lowest BCUT2D eigenvalue weighted by atomic mass is 10.2. The standard InChI is InChI=1S/C13H11Cl2N5O2S/c1-19(7-9-5-3-2-4-6-9)23(21,22)20-8-16-10-11(14)17-13(15)18-12(10)20/h2-6,8H,7H2,1H3. The number of imidazole rings is 1. The summed E-state index contributed by atoms with van der Waals surface area (Å²) in [4.78, 5) is 11.6. The molecule has 0 bridgehead atoms. The van der Waals surface area contributed by atoms with Gasteiger partial charge in [-0.05, 0) is 17.2 Å². The highest BCUT2D eigenvalue weighted by Crippen LogP contribution is 2.22. The molecule has 0 aliphatic carbocycles. The van der Waals surface area contributed by atoms with Crippen LogP contribution in [0.25, 0.3) is 11.2 Å². The number of nitrogens with zero attached hydrogens (tertiary/aromatic N) is 5. The number of halogens is 2. The summed E-state index contributed by atoms with van der Waals surface area (Å²) < 4.78 is 27.6. The third-order valence-electron chi connectivity index (χ3n) is 3.19. The molecular formula is C13H11Cl2N5O2S. The lowest BCUT2D eigenvalue weighted by Crippen LogP contribution is -2.31. The van der Waals surface area contributed by atoms with E-state index in [0.29, 0.717) is 0 Å². The van der Waals surface area contributed by atoms with E-state index in [1.54, 1.807) is 0 Å². The first-order valence-corrected chi connectivity index (χ1v) is 8.62. The molecule has 0 N–H and O–H groups in total. The number of fused-ring (bicyclic) bond motifs is 1. The molecule has 0 unspecified atom stereocenters. The summed E-state index contributed by atoms with van der Waals surface area (Å²) in [5.74, 6) is 0. The second-order valence-electron chi connectivity index (χ2n) is 4.75. The molecule has 0 atom stereocenters. The first-order chi connectivity index (χ1) is 10.9. The molecule has 0 radical (unpaired) electrons. The van der Waals surface area contributed by atoms with E-state index >= 15 is 0 Å². The van der Waals surface area contributed by atoms with Gasteiger partial charge in [-0.25, -0.2) is 9.97 Å². The normalized spacial score (nSPS) is 12.2. The quantitative estimate of drug-likeness (QED) is 0.519. The summed E-state index contributed by atoms with van der Waals surface area (Å²) in [5, 5.41) is -0.148. The SMILES string of the molecule is CN(Cc1ccccc1)S(=O)(=O)n1cnc2c(Cl)nc(Cl)nc21. The molecule has 120 valence electrons. The summed E-state index contributed by atoms with van der Waals surface area (Å²) in [5.41, 5.74) is 1.07. The van der Waals surface area contributed by atoms with Gasteiger partial charge in [-0.3, -0.25) is 0 Å². The van der Waals surface area contributed by atoms with Crippen molar-refractivity contribution in [2.75, 3.05) is 7.05 Å². The number of hydrogen-bond acceptors (Lipinski definition) is 5. The second-order valence-corrected chi connectivity index (χ2v) is 7.35. The Bertz CT molecular complexity index is 959. The molecule has 0 aliphatic rings. The number of aromatic nitrogens is 4. The first kappa shape index (κ1) is 16.1. The molecule has 0 fully saturated rings. The Morgan fingerprint density at radius 2 is 1.87 bits per heavy atom. The minimum Gasteiger partial charge on any atom is -0.230 e. The lowest BCUT2D eigenvalue weighted by molar-refractivity contribution is 0.459. The van der Waals surface area contributed by atoms with Gasteiger partial charge in [0.15, 0.2) is 10.8 Å². The summed E-state index contributed by atoms with van der Waals surface area (Å²) in [7, 11) is -2.40. The van der Waals surface area contributed by atoms with Gasteiger partial charge >= 0.3 is 10.2 Å². The molecule has 3 aromatic rings. The van der Waals surface area contributed by atoms with Gasteiger partial charge in [0.05, 0.1) is 0 Å². The smallest absolute Gasteiger partial charge is 0.230 e. The fourth-order valence-electron chi connectivity index (χ4n) is 2.06. The van der Waals surface area contributed by atoms with Crippen LogP contribution in [0.4, 0.5) is 0 Å². The average Bonchev–Trinajstić information content (AvgIpc) is 2.93. The summed E-state index contributed by atoms with van der Waals surface area (Å²) >= 11 is 11.7. The maximum absolute atomic E-state index is 12.7. The fraction of sp³-hybridized carbons (Fsp3) is 0.154. The predicted molar refractivity (Wildman–Crippen MR) is 87.6 cm³/mol. The zero-order chi connectivity index (χ0) is 16.6. The zero-order valence-corrected chi connectivity index (χ0v) is 14.2. The van der Waals surface area contributed by atoms with Gasteiger partial charge in [0, 0.05) is 13.6 Å². The average molecular weight is 372 g/mol. The molecule has 0 amide bonds. The second kappa shape index (κ2) is 6.04. The van der Waals surface area contributed by atoms with Crippen molar-refractivity contribution in [2.45, 2.75) is 6.54 Å². The molecule has 2 aromatic heterocycles. The van der Waals surface area contributed by atoms with Gasteiger partial charge in [0.25, 0.3) is 0 Å². The van der Waals surface area contributed by atoms with Crippen LogP contribution in [0.3, 0.4) is 0 Å². The minimum absolute atomic E-state index is 0.000313. The Morgan fingerprint density at radius 1 is 1.17 bits per heavy atom. The highest BCUT2D eigenvalue weighted by molar-refractivity contribution is 7.87. The van der Waals surface area contributed by atoms with E-state index in [1.165, 1.54) is 11.4 Å². The van der Waals surface area contributed by atoms with Crippen LogP contribution in [0.5, 0.6) is 0 Å². The van der Waals surface area contributed by atoms with Crippen molar-refractivity contribution in [3.8, 4) is 0 Å². The zero-order valence-electron chi connectivity index (χ0n) is 11.9. The molecule has 0 spiro atoms. The molecule has 23 heavy (non-hydrogen) atoms. The molecule has 3 rings (SSSR count). The van der Waals surface area contributed by atoms with Crippen molar-refractivity contribution in [2.24, 2.45) is 0 Å². The number of hydrogen-bond donors (Lipinski definition) is 0. The number of rotatable bonds is 4. The van der Waals surface area contributed by atoms with Crippen molar-refractivity contribution in [1.82, 2.24) is 23.2 Å². The van der Waals surface area contributed by atoms with E-state index < -0.39 is 10.2 Å². The van der Waals surface area contributed by atoms with Crippen LogP contribution in [-0.2, 0) is 16.8 Å². The van der Waals surface area contributed by atoms with Crippen molar-refractivity contribution in [3.63, 3.8) is 0 Å². The maximum atomic E-state index is 12.7. The van der Waals surface area contributed by atoms with E-state index in [1.807, 2.05) is 30.3 Å². The summed E-state index contributed by atoms with van der Waals surface area (Å²) in [6.07, 6.45) is 1.14. The predicted octanol–water partition coefficient (Wildman–Crippen LogP) is 2.36. The van der Waals surface area contributed by atoms with Gasteiger partial charge < -0.3 is 0 Å². The van der Waals surface area contributed by atoms with Crippen LogP contribution in [0.15, 0.2) is 36.7 Å². The molecule has 0 aliphatic heterocycles. The van der Waals surface area contributed by atoms with Crippen molar-refractivity contribution < 1.29 is 8.42 Å². The molecule has 0 saturated heterocycles. The van der Waals surface area contributed by atoms with Crippen LogP contribution in [0.1, 0.15) is 5.56 Å². The maximum Gasteiger partial charge on any atom is 0.310 e. The first-order valence-electron chi connectivity index (χ1n) is 6.46. The van der Waals surface area contributed by atoms with E-state index in [-0.39, 0.29) is 28.1 Å². The van der Waals surface area contributed by atoms with Crippen LogP contribution in [-0.4, -0.2) is 38.7 Å². The Balaban J connectivity index is 2.03. The molecule has 7 nitrogen and oxygen atoms in total. The van der Waals surface area contributed by atoms with E-state index in [0.717, 1.165) is 15.9 Å². The van der Waals surface area contributed by atoms with Crippen LogP contribution in [0.2, 0.25) is 10.4 Å². The molecule has 0 saturated carbocycles. The number of benzene rings is 1. The van der Waals surface area contributed by atoms with E-state index in [4.69, 9.17) is 23.2 Å². The van der Waals surface area contributed by atoms with Gasteiger partial charge in [-0.1, -0.05) is 41.9 Å². The van der Waals surface area contributed by atoms with Crippen molar-refractivity contribution in [1.29, 1.82) is 0 Å². The molecule has 2 heterocycles. The van der Waals surface area contributed by atoms with Crippen molar-refractivity contribution in [3.05, 3.63) is 52.7 Å². The minimum atomic E-state index is -3.87. The Kier molecular flexibility index (Phi) is 4.24. The summed E-state index contributed by atoms with van der Waals surface area (Å²) in [6.45, 7) is 0.204. The Morgan fingerprint density at radius 3 is 2.57 bits per heavy atom.